The van der Waals surface area contributed by atoms with Crippen molar-refractivity contribution in [2.45, 2.75) is 9.92 Å². The zero-order chi connectivity index (χ0) is 18.2. The molecule has 0 spiro atoms. The lowest BCUT2D eigenvalue weighted by Crippen LogP contribution is -2.28. The van der Waals surface area contributed by atoms with Crippen LogP contribution in [0.2, 0.25) is 0 Å². The summed E-state index contributed by atoms with van der Waals surface area (Å²) >= 11 is 1.44. The van der Waals surface area contributed by atoms with E-state index in [2.05, 4.69) is 10.3 Å². The van der Waals surface area contributed by atoms with E-state index >= 15 is 0 Å². The fourth-order valence-electron chi connectivity index (χ4n) is 2.20. The molecule has 6 heteroatoms. The fraction of sp³-hybridized carbons (Fsp3) is 0.100. The SMILES string of the molecule is O=C(NCCOc1ccc(F)cc1)c1cccnc1Sc1ccccc1. The third kappa shape index (κ3) is 5.07. The Labute approximate surface area is 155 Å². The number of nitrogens with one attached hydrogen (secondary N) is 1. The zero-order valence-electron chi connectivity index (χ0n) is 13.9. The second kappa shape index (κ2) is 9.01. The van der Waals surface area contributed by atoms with Crippen LogP contribution in [0.1, 0.15) is 10.4 Å². The van der Waals surface area contributed by atoms with Gasteiger partial charge in [0.2, 0.25) is 0 Å². The highest BCUT2D eigenvalue weighted by molar-refractivity contribution is 7.99. The van der Waals surface area contributed by atoms with E-state index < -0.39 is 0 Å². The number of carbonyl (C=O) groups excluding carboxylic acids is 1. The van der Waals surface area contributed by atoms with Gasteiger partial charge in [-0.2, -0.15) is 0 Å². The highest BCUT2D eigenvalue weighted by Crippen LogP contribution is 2.28. The van der Waals surface area contributed by atoms with E-state index in [-0.39, 0.29) is 11.7 Å². The lowest BCUT2D eigenvalue weighted by Gasteiger charge is -2.10. The smallest absolute Gasteiger partial charge is 0.254 e. The summed E-state index contributed by atoms with van der Waals surface area (Å²) in [5.74, 6) is 0.0345. The first-order valence-corrected chi connectivity index (χ1v) is 8.88. The Bertz CT molecular complexity index is 857. The standard InChI is InChI=1S/C20H17FN2O2S/c21-15-8-10-16(11-9-15)25-14-13-22-19(24)18-7-4-12-23-20(18)26-17-5-2-1-3-6-17/h1-12H,13-14H2,(H,22,24). The number of benzene rings is 2. The predicted molar refractivity (Wildman–Crippen MR) is 99.0 cm³/mol. The number of amides is 1. The van der Waals surface area contributed by atoms with Crippen molar-refractivity contribution in [1.29, 1.82) is 0 Å². The molecule has 0 saturated heterocycles. The molecule has 0 bridgehead atoms. The molecule has 0 aliphatic carbocycles. The molecule has 3 aromatic rings. The number of hydrogen-bond donors (Lipinski definition) is 1. The molecule has 2 aromatic carbocycles. The number of rotatable bonds is 7. The van der Waals surface area contributed by atoms with Crippen molar-refractivity contribution in [2.24, 2.45) is 0 Å². The van der Waals surface area contributed by atoms with Crippen molar-refractivity contribution in [3.05, 3.63) is 84.3 Å². The lowest BCUT2D eigenvalue weighted by molar-refractivity contribution is 0.0943. The molecule has 0 saturated carbocycles. The summed E-state index contributed by atoms with van der Waals surface area (Å²) in [5, 5.41) is 3.46. The van der Waals surface area contributed by atoms with E-state index in [0.29, 0.717) is 29.5 Å². The Kier molecular flexibility index (Phi) is 6.22. The van der Waals surface area contributed by atoms with Gasteiger partial charge in [0, 0.05) is 11.1 Å². The van der Waals surface area contributed by atoms with Crippen molar-refractivity contribution < 1.29 is 13.9 Å². The van der Waals surface area contributed by atoms with Crippen molar-refractivity contribution in [3.8, 4) is 5.75 Å². The molecule has 4 nitrogen and oxygen atoms in total. The molecule has 132 valence electrons. The van der Waals surface area contributed by atoms with Gasteiger partial charge in [0.1, 0.15) is 23.2 Å². The average Bonchev–Trinajstić information content (AvgIpc) is 2.68. The third-order valence-electron chi connectivity index (χ3n) is 3.44. The maximum Gasteiger partial charge on any atom is 0.254 e. The van der Waals surface area contributed by atoms with E-state index in [1.54, 1.807) is 30.5 Å². The predicted octanol–water partition coefficient (Wildman–Crippen LogP) is 4.18. The van der Waals surface area contributed by atoms with Gasteiger partial charge in [-0.05, 0) is 48.5 Å². The van der Waals surface area contributed by atoms with E-state index in [0.717, 1.165) is 4.90 Å². The van der Waals surface area contributed by atoms with Gasteiger partial charge in [-0.25, -0.2) is 9.37 Å². The molecule has 0 radical (unpaired) electrons. The summed E-state index contributed by atoms with van der Waals surface area (Å²) in [6.07, 6.45) is 1.67. The van der Waals surface area contributed by atoms with Gasteiger partial charge < -0.3 is 10.1 Å². The normalized spacial score (nSPS) is 10.3. The summed E-state index contributed by atoms with van der Waals surface area (Å²) in [6, 6.07) is 19.0. The van der Waals surface area contributed by atoms with Gasteiger partial charge in [0.25, 0.3) is 5.91 Å². The number of halogens is 1. The minimum atomic E-state index is -0.314. The minimum Gasteiger partial charge on any atom is -0.492 e. The molecule has 0 aliphatic rings. The van der Waals surface area contributed by atoms with Crippen LogP contribution in [0.5, 0.6) is 5.75 Å². The first-order chi connectivity index (χ1) is 12.7. The van der Waals surface area contributed by atoms with E-state index in [1.807, 2.05) is 30.3 Å². The number of ether oxygens (including phenoxy) is 1. The van der Waals surface area contributed by atoms with Gasteiger partial charge in [0.05, 0.1) is 12.1 Å². The minimum absolute atomic E-state index is 0.209. The maximum atomic E-state index is 12.8. The molecule has 1 aromatic heterocycles. The Morgan fingerprint density at radius 2 is 1.81 bits per heavy atom. The van der Waals surface area contributed by atoms with E-state index in [1.165, 1.54) is 23.9 Å². The van der Waals surface area contributed by atoms with Crippen molar-refractivity contribution in [1.82, 2.24) is 10.3 Å². The summed E-state index contributed by atoms with van der Waals surface area (Å²) in [4.78, 5) is 17.8. The molecule has 0 atom stereocenters. The molecule has 3 rings (SSSR count). The van der Waals surface area contributed by atoms with Crippen LogP contribution in [0, 0.1) is 5.82 Å². The van der Waals surface area contributed by atoms with Crippen molar-refractivity contribution >= 4 is 17.7 Å². The number of hydrogen-bond acceptors (Lipinski definition) is 4. The Morgan fingerprint density at radius 1 is 1.04 bits per heavy atom. The highest BCUT2D eigenvalue weighted by Gasteiger charge is 2.13. The first kappa shape index (κ1) is 17.9. The van der Waals surface area contributed by atoms with Gasteiger partial charge >= 0.3 is 0 Å². The van der Waals surface area contributed by atoms with Crippen LogP contribution in [-0.4, -0.2) is 24.0 Å². The maximum absolute atomic E-state index is 12.8. The van der Waals surface area contributed by atoms with E-state index in [4.69, 9.17) is 4.74 Å². The van der Waals surface area contributed by atoms with Crippen LogP contribution in [0.3, 0.4) is 0 Å². The third-order valence-corrected chi connectivity index (χ3v) is 4.47. The van der Waals surface area contributed by atoms with Gasteiger partial charge in [0.15, 0.2) is 0 Å². The van der Waals surface area contributed by atoms with Crippen LogP contribution >= 0.6 is 11.8 Å². The molecule has 0 fully saturated rings. The average molecular weight is 368 g/mol. The Morgan fingerprint density at radius 3 is 2.58 bits per heavy atom. The topological polar surface area (TPSA) is 51.2 Å². The van der Waals surface area contributed by atoms with Crippen molar-refractivity contribution in [2.75, 3.05) is 13.2 Å². The Balaban J connectivity index is 1.55. The molecule has 1 N–H and O–H groups in total. The molecule has 0 unspecified atom stereocenters. The van der Waals surface area contributed by atoms with Crippen LogP contribution < -0.4 is 10.1 Å². The number of carbonyl (C=O) groups is 1. The highest BCUT2D eigenvalue weighted by atomic mass is 32.2. The van der Waals surface area contributed by atoms with Crippen molar-refractivity contribution in [3.63, 3.8) is 0 Å². The van der Waals surface area contributed by atoms with Crippen LogP contribution in [0.25, 0.3) is 0 Å². The first-order valence-electron chi connectivity index (χ1n) is 8.07. The number of pyridine rings is 1. The lowest BCUT2D eigenvalue weighted by atomic mass is 10.2. The largest absolute Gasteiger partial charge is 0.492 e. The molecule has 26 heavy (non-hydrogen) atoms. The summed E-state index contributed by atoms with van der Waals surface area (Å²) in [7, 11) is 0. The Hall–Kier alpha value is -2.86. The van der Waals surface area contributed by atoms with Crippen LogP contribution in [0.4, 0.5) is 4.39 Å². The molecule has 1 amide bonds. The fourth-order valence-corrected chi connectivity index (χ4v) is 3.11. The molecule has 0 aliphatic heterocycles. The monoisotopic (exact) mass is 368 g/mol. The molecule has 1 heterocycles. The quantitative estimate of drug-likeness (QED) is 0.636. The van der Waals surface area contributed by atoms with Crippen LogP contribution in [0.15, 0.2) is 82.8 Å². The molecular weight excluding hydrogens is 351 g/mol. The second-order valence-electron chi connectivity index (χ2n) is 5.33. The van der Waals surface area contributed by atoms with E-state index in [9.17, 15) is 9.18 Å². The zero-order valence-corrected chi connectivity index (χ0v) is 14.7. The number of aromatic nitrogens is 1. The van der Waals surface area contributed by atoms with Gasteiger partial charge in [-0.15, -0.1) is 0 Å². The molecular formula is C20H17FN2O2S. The van der Waals surface area contributed by atoms with Crippen LogP contribution in [-0.2, 0) is 0 Å². The van der Waals surface area contributed by atoms with Gasteiger partial charge in [-0.1, -0.05) is 30.0 Å². The second-order valence-corrected chi connectivity index (χ2v) is 6.39. The summed E-state index contributed by atoms with van der Waals surface area (Å²) in [5.41, 5.74) is 0.517. The van der Waals surface area contributed by atoms with Gasteiger partial charge in [-0.3, -0.25) is 4.79 Å². The number of nitrogens with zero attached hydrogens (tertiary/aromatic N) is 1. The summed E-state index contributed by atoms with van der Waals surface area (Å²) in [6.45, 7) is 0.624. The summed E-state index contributed by atoms with van der Waals surface area (Å²) < 4.78 is 18.3.